The highest BCUT2D eigenvalue weighted by molar-refractivity contribution is 5.52. The van der Waals surface area contributed by atoms with Crippen LogP contribution in [0.15, 0.2) is 18.2 Å². The number of hydrogen-bond acceptors (Lipinski definition) is 4. The van der Waals surface area contributed by atoms with E-state index in [2.05, 4.69) is 11.0 Å². The third-order valence-corrected chi connectivity index (χ3v) is 3.07. The summed E-state index contributed by atoms with van der Waals surface area (Å²) in [5.74, 6) is 0. The summed E-state index contributed by atoms with van der Waals surface area (Å²) in [5.41, 5.74) is 9.49. The zero-order valence-electron chi connectivity index (χ0n) is 10.3. The van der Waals surface area contributed by atoms with E-state index in [1.807, 2.05) is 12.1 Å². The van der Waals surface area contributed by atoms with Crippen LogP contribution in [0.2, 0.25) is 0 Å². The molecule has 2 N–H and O–H groups in total. The van der Waals surface area contributed by atoms with Crippen LogP contribution >= 0.6 is 0 Å². The molecule has 0 aliphatic carbocycles. The maximum absolute atomic E-state index is 5.95. The lowest BCUT2D eigenvalue weighted by atomic mass is 10.1. The summed E-state index contributed by atoms with van der Waals surface area (Å²) in [6.07, 6.45) is 0. The van der Waals surface area contributed by atoms with Crippen LogP contribution in [0.4, 0.5) is 5.69 Å². The third kappa shape index (κ3) is 3.19. The Labute approximate surface area is 102 Å². The molecule has 0 radical (unpaired) electrons. The Kier molecular flexibility index (Phi) is 4.36. The highest BCUT2D eigenvalue weighted by Gasteiger charge is 2.19. The number of methoxy groups -OCH3 is 1. The van der Waals surface area contributed by atoms with Gasteiger partial charge in [0.25, 0.3) is 0 Å². The molecule has 0 saturated heterocycles. The number of hydrogen-bond donors (Lipinski definition) is 1. The van der Waals surface area contributed by atoms with E-state index < -0.39 is 0 Å². The van der Waals surface area contributed by atoms with Gasteiger partial charge in [-0.25, -0.2) is 0 Å². The maximum Gasteiger partial charge on any atom is 0.0700 e. The van der Waals surface area contributed by atoms with Crippen LogP contribution in [0, 0.1) is 0 Å². The second-order valence-electron chi connectivity index (χ2n) is 4.30. The van der Waals surface area contributed by atoms with Crippen molar-refractivity contribution in [1.82, 2.24) is 4.90 Å². The quantitative estimate of drug-likeness (QED) is 0.596. The van der Waals surface area contributed by atoms with E-state index in [-0.39, 0.29) is 0 Å². The van der Waals surface area contributed by atoms with Crippen molar-refractivity contribution in [3.8, 4) is 0 Å². The third-order valence-electron chi connectivity index (χ3n) is 3.07. The van der Waals surface area contributed by atoms with Crippen molar-refractivity contribution in [2.75, 3.05) is 39.2 Å². The number of nitrogen functional groups attached to an aromatic ring is 1. The zero-order chi connectivity index (χ0) is 12.1. The largest absolute Gasteiger partial charge is 0.398 e. The summed E-state index contributed by atoms with van der Waals surface area (Å²) < 4.78 is 10.4. The molecule has 1 aliphatic heterocycles. The van der Waals surface area contributed by atoms with E-state index in [4.69, 9.17) is 15.2 Å². The average molecular weight is 236 g/mol. The summed E-state index contributed by atoms with van der Waals surface area (Å²) in [4.78, 5) is 2.35. The van der Waals surface area contributed by atoms with Gasteiger partial charge in [-0.2, -0.15) is 0 Å². The number of ether oxygens (including phenoxy) is 2. The predicted molar refractivity (Wildman–Crippen MR) is 67.7 cm³/mol. The Bertz CT molecular complexity index is 368. The molecule has 0 fully saturated rings. The van der Waals surface area contributed by atoms with E-state index in [9.17, 15) is 0 Å². The van der Waals surface area contributed by atoms with Gasteiger partial charge < -0.3 is 15.2 Å². The first-order valence-electron chi connectivity index (χ1n) is 5.96. The molecule has 1 aliphatic rings. The van der Waals surface area contributed by atoms with Crippen LogP contribution in [0.25, 0.3) is 0 Å². The molecule has 0 amide bonds. The molecule has 4 nitrogen and oxygen atoms in total. The van der Waals surface area contributed by atoms with Gasteiger partial charge in [-0.05, 0) is 17.2 Å². The van der Waals surface area contributed by atoms with E-state index in [0.717, 1.165) is 31.9 Å². The first-order chi connectivity index (χ1) is 8.31. The zero-order valence-corrected chi connectivity index (χ0v) is 10.3. The second-order valence-corrected chi connectivity index (χ2v) is 4.30. The molecule has 0 spiro atoms. The van der Waals surface area contributed by atoms with Gasteiger partial charge in [0, 0.05) is 32.4 Å². The van der Waals surface area contributed by atoms with Gasteiger partial charge in [0.1, 0.15) is 0 Å². The number of anilines is 1. The van der Waals surface area contributed by atoms with Gasteiger partial charge >= 0.3 is 0 Å². The minimum absolute atomic E-state index is 0.660. The topological polar surface area (TPSA) is 47.7 Å². The molecule has 1 aromatic rings. The molecule has 1 heterocycles. The molecular weight excluding hydrogens is 216 g/mol. The number of nitrogens with zero attached hydrogens (tertiary/aromatic N) is 1. The first-order valence-corrected chi connectivity index (χ1v) is 5.96. The number of benzene rings is 1. The normalized spacial score (nSPS) is 15.1. The van der Waals surface area contributed by atoms with Crippen LogP contribution in [0.5, 0.6) is 0 Å². The Hall–Kier alpha value is -1.10. The van der Waals surface area contributed by atoms with Gasteiger partial charge in [-0.15, -0.1) is 0 Å². The van der Waals surface area contributed by atoms with Gasteiger partial charge in [0.15, 0.2) is 0 Å². The van der Waals surface area contributed by atoms with E-state index in [1.165, 1.54) is 11.1 Å². The van der Waals surface area contributed by atoms with Crippen molar-refractivity contribution < 1.29 is 9.47 Å². The van der Waals surface area contributed by atoms with Crippen LogP contribution < -0.4 is 5.73 Å². The molecule has 94 valence electrons. The predicted octanol–water partition coefficient (Wildman–Crippen LogP) is 1.25. The number of fused-ring (bicyclic) bond motifs is 1. The molecule has 0 aromatic heterocycles. The highest BCUT2D eigenvalue weighted by atomic mass is 16.5. The van der Waals surface area contributed by atoms with Crippen molar-refractivity contribution in [2.45, 2.75) is 13.1 Å². The van der Waals surface area contributed by atoms with Crippen LogP contribution in [-0.2, 0) is 22.6 Å². The SMILES string of the molecule is COCCOCCN1Cc2cccc(N)c2C1. The monoisotopic (exact) mass is 236 g/mol. The van der Waals surface area contributed by atoms with Crippen LogP contribution in [0.1, 0.15) is 11.1 Å². The Morgan fingerprint density at radius 1 is 1.24 bits per heavy atom. The standard InChI is InChI=1S/C13H20N2O2/c1-16-7-8-17-6-5-15-9-11-3-2-4-13(14)12(11)10-15/h2-4H,5-10,14H2,1H3. The summed E-state index contributed by atoms with van der Waals surface area (Å²) in [6, 6.07) is 6.14. The van der Waals surface area contributed by atoms with E-state index in [1.54, 1.807) is 7.11 Å². The van der Waals surface area contributed by atoms with Crippen molar-refractivity contribution >= 4 is 5.69 Å². The van der Waals surface area contributed by atoms with Crippen molar-refractivity contribution in [3.63, 3.8) is 0 Å². The maximum atomic E-state index is 5.95. The molecule has 17 heavy (non-hydrogen) atoms. The van der Waals surface area contributed by atoms with E-state index >= 15 is 0 Å². The van der Waals surface area contributed by atoms with Crippen molar-refractivity contribution in [3.05, 3.63) is 29.3 Å². The summed E-state index contributed by atoms with van der Waals surface area (Å²) in [5, 5.41) is 0. The fourth-order valence-corrected chi connectivity index (χ4v) is 2.11. The van der Waals surface area contributed by atoms with E-state index in [0.29, 0.717) is 13.2 Å². The average Bonchev–Trinajstić information content (AvgIpc) is 2.73. The minimum Gasteiger partial charge on any atom is -0.398 e. The summed E-state index contributed by atoms with van der Waals surface area (Å²) in [7, 11) is 1.68. The first kappa shape index (κ1) is 12.4. The Balaban J connectivity index is 1.75. The van der Waals surface area contributed by atoms with Gasteiger partial charge in [0.2, 0.25) is 0 Å². The number of nitrogens with two attached hydrogens (primary N) is 1. The Morgan fingerprint density at radius 3 is 2.88 bits per heavy atom. The van der Waals surface area contributed by atoms with Crippen molar-refractivity contribution in [2.24, 2.45) is 0 Å². The van der Waals surface area contributed by atoms with Crippen molar-refractivity contribution in [1.29, 1.82) is 0 Å². The molecular formula is C13H20N2O2. The lowest BCUT2D eigenvalue weighted by molar-refractivity contribution is 0.0567. The minimum atomic E-state index is 0.660. The molecule has 4 heteroatoms. The smallest absolute Gasteiger partial charge is 0.0700 e. The lowest BCUT2D eigenvalue weighted by Crippen LogP contribution is -2.22. The molecule has 0 saturated carbocycles. The molecule has 0 bridgehead atoms. The van der Waals surface area contributed by atoms with Gasteiger partial charge in [0.05, 0.1) is 19.8 Å². The molecule has 0 atom stereocenters. The summed E-state index contributed by atoms with van der Waals surface area (Å²) in [6.45, 7) is 4.94. The second kappa shape index (κ2) is 6.00. The fourth-order valence-electron chi connectivity index (χ4n) is 2.11. The van der Waals surface area contributed by atoms with Gasteiger partial charge in [-0.1, -0.05) is 12.1 Å². The van der Waals surface area contributed by atoms with Crippen LogP contribution in [-0.4, -0.2) is 38.4 Å². The van der Waals surface area contributed by atoms with Gasteiger partial charge in [-0.3, -0.25) is 4.90 Å². The molecule has 1 aromatic carbocycles. The fraction of sp³-hybridized carbons (Fsp3) is 0.538. The van der Waals surface area contributed by atoms with Crippen LogP contribution in [0.3, 0.4) is 0 Å². The lowest BCUT2D eigenvalue weighted by Gasteiger charge is -2.14. The summed E-state index contributed by atoms with van der Waals surface area (Å²) >= 11 is 0. The Morgan fingerprint density at radius 2 is 2.12 bits per heavy atom. The molecule has 0 unspecified atom stereocenters. The highest BCUT2D eigenvalue weighted by Crippen LogP contribution is 2.26. The number of rotatable bonds is 6. The molecule has 2 rings (SSSR count).